The van der Waals surface area contributed by atoms with Gasteiger partial charge in [-0.2, -0.15) is 5.10 Å². The van der Waals surface area contributed by atoms with Crippen LogP contribution in [0.15, 0.2) is 28.8 Å². The molecule has 1 aliphatic carbocycles. The van der Waals surface area contributed by atoms with E-state index in [1.54, 1.807) is 0 Å². The number of hydrogen-bond acceptors (Lipinski definition) is 4. The van der Waals surface area contributed by atoms with Crippen molar-refractivity contribution in [1.29, 1.82) is 0 Å². The number of hydrogen-bond donors (Lipinski definition) is 1. The van der Waals surface area contributed by atoms with Crippen molar-refractivity contribution >= 4 is 0 Å². The van der Waals surface area contributed by atoms with Crippen LogP contribution >= 0.6 is 0 Å². The summed E-state index contributed by atoms with van der Waals surface area (Å²) in [6, 6.07) is 6.43. The number of likely N-dealkylation sites (tertiary alicyclic amines) is 1. The fourth-order valence-electron chi connectivity index (χ4n) is 3.98. The predicted molar refractivity (Wildman–Crippen MR) is 91.8 cm³/mol. The number of nitrogens with zero attached hydrogens (tertiary/aromatic N) is 3. The summed E-state index contributed by atoms with van der Waals surface area (Å²) in [5.41, 5.74) is 1.27. The molecule has 2 aromatic heterocycles. The van der Waals surface area contributed by atoms with Crippen LogP contribution in [0.4, 0.5) is 0 Å². The van der Waals surface area contributed by atoms with E-state index in [9.17, 15) is 0 Å². The largest absolute Gasteiger partial charge is 0.464 e. The Balaban J connectivity index is 1.31. The second kappa shape index (κ2) is 6.73. The van der Waals surface area contributed by atoms with Crippen LogP contribution in [-0.4, -0.2) is 39.5 Å². The highest BCUT2D eigenvalue weighted by atomic mass is 16.3. The molecular formula is C19H27N3O2. The maximum absolute atomic E-state index is 9.15. The van der Waals surface area contributed by atoms with E-state index in [0.29, 0.717) is 18.4 Å². The molecule has 2 aromatic rings. The lowest BCUT2D eigenvalue weighted by Crippen LogP contribution is -2.33. The highest BCUT2D eigenvalue weighted by Crippen LogP contribution is 2.47. The molecule has 0 spiro atoms. The lowest BCUT2D eigenvalue weighted by molar-refractivity contribution is 0.185. The number of aliphatic hydroxyl groups is 1. The van der Waals surface area contributed by atoms with E-state index in [1.807, 2.05) is 10.9 Å². The molecule has 130 valence electrons. The summed E-state index contributed by atoms with van der Waals surface area (Å²) in [6.07, 6.45) is 5.41. The van der Waals surface area contributed by atoms with Crippen molar-refractivity contribution in [2.24, 2.45) is 5.92 Å². The molecule has 2 fully saturated rings. The van der Waals surface area contributed by atoms with Crippen LogP contribution in [-0.2, 0) is 13.1 Å². The first-order valence-electron chi connectivity index (χ1n) is 9.18. The molecule has 24 heavy (non-hydrogen) atoms. The van der Waals surface area contributed by atoms with Crippen LogP contribution < -0.4 is 0 Å². The van der Waals surface area contributed by atoms with Gasteiger partial charge in [-0.15, -0.1) is 0 Å². The van der Waals surface area contributed by atoms with Crippen molar-refractivity contribution in [3.05, 3.63) is 41.6 Å². The van der Waals surface area contributed by atoms with Gasteiger partial charge in [0.2, 0.25) is 0 Å². The van der Waals surface area contributed by atoms with Gasteiger partial charge in [-0.1, -0.05) is 6.92 Å². The molecule has 1 saturated heterocycles. The van der Waals surface area contributed by atoms with E-state index in [4.69, 9.17) is 9.52 Å². The van der Waals surface area contributed by atoms with Crippen molar-refractivity contribution in [2.75, 3.05) is 19.7 Å². The molecule has 0 radical (unpaired) electrons. The molecule has 0 aromatic carbocycles. The summed E-state index contributed by atoms with van der Waals surface area (Å²) < 4.78 is 8.00. The van der Waals surface area contributed by atoms with Gasteiger partial charge in [0.25, 0.3) is 0 Å². The highest BCUT2D eigenvalue weighted by molar-refractivity contribution is 5.18. The monoisotopic (exact) mass is 329 g/mol. The Morgan fingerprint density at radius 1 is 1.25 bits per heavy atom. The minimum atomic E-state index is 0.147. The zero-order chi connectivity index (χ0) is 16.5. The second-order valence-corrected chi connectivity index (χ2v) is 7.38. The van der Waals surface area contributed by atoms with Crippen LogP contribution in [0.5, 0.6) is 0 Å². The summed E-state index contributed by atoms with van der Waals surface area (Å²) in [5.74, 6) is 4.29. The molecule has 2 aliphatic rings. The molecule has 0 amide bonds. The van der Waals surface area contributed by atoms with E-state index >= 15 is 0 Å². The van der Waals surface area contributed by atoms with Crippen LogP contribution in [0.25, 0.3) is 0 Å². The molecule has 2 unspecified atom stereocenters. The first-order valence-corrected chi connectivity index (χ1v) is 9.18. The predicted octanol–water partition coefficient (Wildman–Crippen LogP) is 2.97. The van der Waals surface area contributed by atoms with Crippen LogP contribution in [0.2, 0.25) is 0 Å². The maximum atomic E-state index is 9.15. The van der Waals surface area contributed by atoms with Crippen molar-refractivity contribution in [3.63, 3.8) is 0 Å². The van der Waals surface area contributed by atoms with Crippen molar-refractivity contribution in [2.45, 2.75) is 51.1 Å². The third-order valence-corrected chi connectivity index (χ3v) is 5.60. The third kappa shape index (κ3) is 3.28. The smallest absolute Gasteiger partial charge is 0.118 e. The van der Waals surface area contributed by atoms with Gasteiger partial charge in [-0.3, -0.25) is 9.58 Å². The third-order valence-electron chi connectivity index (χ3n) is 5.60. The summed E-state index contributed by atoms with van der Waals surface area (Å²) in [7, 11) is 0. The average molecular weight is 329 g/mol. The number of rotatable bonds is 6. The van der Waals surface area contributed by atoms with Gasteiger partial charge in [0.05, 0.1) is 19.7 Å². The van der Waals surface area contributed by atoms with E-state index in [1.165, 1.54) is 17.9 Å². The Kier molecular flexibility index (Phi) is 4.46. The van der Waals surface area contributed by atoms with Gasteiger partial charge >= 0.3 is 0 Å². The van der Waals surface area contributed by atoms with Crippen molar-refractivity contribution in [3.8, 4) is 0 Å². The number of piperidine rings is 1. The molecule has 5 heteroatoms. The minimum Gasteiger partial charge on any atom is -0.464 e. The fraction of sp³-hybridized carbons (Fsp3) is 0.632. The normalized spacial score (nSPS) is 25.2. The first-order chi connectivity index (χ1) is 11.7. The summed E-state index contributed by atoms with van der Waals surface area (Å²) in [4.78, 5) is 2.49. The lowest BCUT2D eigenvalue weighted by Gasteiger charge is -2.31. The molecule has 1 saturated carbocycles. The number of aromatic nitrogens is 2. The fourth-order valence-corrected chi connectivity index (χ4v) is 3.98. The van der Waals surface area contributed by atoms with Crippen LogP contribution in [0.1, 0.15) is 55.2 Å². The van der Waals surface area contributed by atoms with Crippen molar-refractivity contribution in [1.82, 2.24) is 14.7 Å². The number of furan rings is 1. The molecule has 1 aliphatic heterocycles. The summed E-state index contributed by atoms with van der Waals surface area (Å²) in [6.45, 7) is 6.13. The first kappa shape index (κ1) is 15.9. The molecule has 0 bridgehead atoms. The molecule has 5 nitrogen and oxygen atoms in total. The molecule has 1 N–H and O–H groups in total. The van der Waals surface area contributed by atoms with Crippen LogP contribution in [0, 0.1) is 5.92 Å². The van der Waals surface area contributed by atoms with Crippen molar-refractivity contribution < 1.29 is 9.52 Å². The second-order valence-electron chi connectivity index (χ2n) is 7.38. The SMILES string of the molecule is CC1CC1c1ccc(CN2CCC(c3ccnn3CCO)CC2)o1. The van der Waals surface area contributed by atoms with Gasteiger partial charge < -0.3 is 9.52 Å². The molecule has 2 atom stereocenters. The van der Waals surface area contributed by atoms with E-state index in [2.05, 4.69) is 35.1 Å². The molecular weight excluding hydrogens is 302 g/mol. The minimum absolute atomic E-state index is 0.147. The van der Waals surface area contributed by atoms with Gasteiger partial charge in [-0.05, 0) is 56.5 Å². The van der Waals surface area contributed by atoms with Gasteiger partial charge in [0.1, 0.15) is 11.5 Å². The Bertz CT molecular complexity index is 670. The van der Waals surface area contributed by atoms with E-state index < -0.39 is 0 Å². The Hall–Kier alpha value is -1.59. The van der Waals surface area contributed by atoms with Crippen LogP contribution in [0.3, 0.4) is 0 Å². The van der Waals surface area contributed by atoms with E-state index in [-0.39, 0.29) is 6.61 Å². The summed E-state index contributed by atoms with van der Waals surface area (Å²) in [5, 5.41) is 13.5. The maximum Gasteiger partial charge on any atom is 0.118 e. The Morgan fingerprint density at radius 2 is 2.04 bits per heavy atom. The zero-order valence-corrected chi connectivity index (χ0v) is 14.4. The Labute approximate surface area is 143 Å². The summed E-state index contributed by atoms with van der Waals surface area (Å²) >= 11 is 0. The average Bonchev–Trinajstić information content (AvgIpc) is 3.00. The van der Waals surface area contributed by atoms with Gasteiger partial charge in [0, 0.05) is 23.7 Å². The van der Waals surface area contributed by atoms with E-state index in [0.717, 1.165) is 44.2 Å². The number of aliphatic hydroxyl groups excluding tert-OH is 1. The van der Waals surface area contributed by atoms with Gasteiger partial charge in [-0.25, -0.2) is 0 Å². The molecule has 3 heterocycles. The topological polar surface area (TPSA) is 54.4 Å². The quantitative estimate of drug-likeness (QED) is 0.885. The van der Waals surface area contributed by atoms with Gasteiger partial charge in [0.15, 0.2) is 0 Å². The zero-order valence-electron chi connectivity index (χ0n) is 14.4. The highest BCUT2D eigenvalue weighted by Gasteiger charge is 2.36. The Morgan fingerprint density at radius 3 is 2.75 bits per heavy atom. The molecule has 4 rings (SSSR count). The lowest BCUT2D eigenvalue weighted by atomic mass is 9.93. The standard InChI is InChI=1S/C19H27N3O2/c1-14-12-17(14)19-3-2-16(24-19)13-21-8-5-15(6-9-21)18-4-7-20-22(18)10-11-23/h2-4,7,14-15,17,23H,5-6,8-13H2,1H3.